The summed E-state index contributed by atoms with van der Waals surface area (Å²) in [5.74, 6) is 3.86. The average Bonchev–Trinajstić information content (AvgIpc) is 2.13. The van der Waals surface area contributed by atoms with E-state index in [4.69, 9.17) is 5.90 Å². The van der Waals surface area contributed by atoms with Crippen molar-refractivity contribution in [3.8, 4) is 0 Å². The Bertz CT molecular complexity index is 213. The highest BCUT2D eigenvalue weighted by Crippen LogP contribution is 2.24. The second kappa shape index (κ2) is 2.88. The summed E-state index contributed by atoms with van der Waals surface area (Å²) in [6.07, 6.45) is 1.17. The van der Waals surface area contributed by atoms with Gasteiger partial charge in [-0.05, 0) is 0 Å². The van der Waals surface area contributed by atoms with Crippen LogP contribution < -0.4 is 11.2 Å². The normalized spacial score (nSPS) is 18.3. The quantitative estimate of drug-likeness (QED) is 0.308. The van der Waals surface area contributed by atoms with Gasteiger partial charge in [0.05, 0.1) is 14.1 Å². The first kappa shape index (κ1) is 7.34. The highest BCUT2D eigenvalue weighted by molar-refractivity contribution is 7.39. The van der Waals surface area contributed by atoms with Crippen molar-refractivity contribution in [2.75, 3.05) is 0 Å². The Labute approximate surface area is 58.4 Å². The van der Waals surface area contributed by atoms with E-state index in [2.05, 4.69) is 9.94 Å². The van der Waals surface area contributed by atoms with E-state index in [1.165, 1.54) is 6.08 Å². The Morgan fingerprint density at radius 1 is 1.60 bits per heavy atom. The first-order valence-electron chi connectivity index (χ1n) is 2.43. The van der Waals surface area contributed by atoms with E-state index in [9.17, 15) is 9.59 Å². The van der Waals surface area contributed by atoms with Crippen molar-refractivity contribution in [3.63, 3.8) is 0 Å². The maximum absolute atomic E-state index is 10.6. The zero-order valence-corrected chi connectivity index (χ0v) is 5.88. The van der Waals surface area contributed by atoms with Gasteiger partial charge in [-0.2, -0.15) is 0 Å². The molecule has 0 radical (unpaired) electrons. The molecule has 1 heterocycles. The Morgan fingerprint density at radius 3 is 2.70 bits per heavy atom. The van der Waals surface area contributed by atoms with Crippen LogP contribution in [0.25, 0.3) is 0 Å². The number of hydrogen-bond acceptors (Lipinski definition) is 4. The van der Waals surface area contributed by atoms with Crippen LogP contribution >= 0.6 is 8.81 Å². The summed E-state index contributed by atoms with van der Waals surface area (Å²) in [5, 5.41) is 2.34. The fourth-order valence-electron chi connectivity index (χ4n) is 0.551. The van der Waals surface area contributed by atoms with Gasteiger partial charge in [0, 0.05) is 6.08 Å². The fraction of sp³-hybridized carbons (Fsp3) is 0. The number of imide groups is 1. The molecule has 0 aromatic heterocycles. The van der Waals surface area contributed by atoms with E-state index in [1.807, 2.05) is 0 Å². The summed E-state index contributed by atoms with van der Waals surface area (Å²) in [4.78, 5) is 21.1. The van der Waals surface area contributed by atoms with E-state index < -0.39 is 11.8 Å². The third-order valence-corrected chi connectivity index (χ3v) is 1.63. The van der Waals surface area contributed by atoms with Gasteiger partial charge in [-0.25, -0.2) is 5.90 Å². The maximum Gasteiger partial charge on any atom is 0.260 e. The zero-order chi connectivity index (χ0) is 7.56. The van der Waals surface area contributed by atoms with Crippen molar-refractivity contribution in [1.82, 2.24) is 5.32 Å². The summed E-state index contributed by atoms with van der Waals surface area (Å²) in [7, 11) is -0.259. The molecule has 0 fully saturated rings. The lowest BCUT2D eigenvalue weighted by atomic mass is 10.5. The molecule has 1 unspecified atom stereocenters. The van der Waals surface area contributed by atoms with E-state index in [-0.39, 0.29) is 14.1 Å². The number of carbonyl (C=O) groups is 2. The lowest BCUT2D eigenvalue weighted by molar-refractivity contribution is -0.123. The van der Waals surface area contributed by atoms with Gasteiger partial charge in [0.15, 0.2) is 0 Å². The van der Waals surface area contributed by atoms with Crippen LogP contribution in [-0.2, 0) is 14.2 Å². The standard InChI is InChI=1S/C4H5N2O3P/c5-9-10-2-1-3(7)6-4(2)8/h1,10H,5H2,(H,6,7,8). The molecule has 1 aliphatic rings. The number of hydrogen-bond donors (Lipinski definition) is 2. The summed E-state index contributed by atoms with van der Waals surface area (Å²) < 4.78 is 4.19. The van der Waals surface area contributed by atoms with Gasteiger partial charge in [-0.1, -0.05) is 0 Å². The topological polar surface area (TPSA) is 81.4 Å². The molecule has 0 bridgehead atoms. The van der Waals surface area contributed by atoms with E-state index in [0.29, 0.717) is 0 Å². The third-order valence-electron chi connectivity index (χ3n) is 0.926. The monoisotopic (exact) mass is 160 g/mol. The van der Waals surface area contributed by atoms with Crippen LogP contribution in [0.1, 0.15) is 0 Å². The lowest BCUT2D eigenvalue weighted by Gasteiger charge is -1.93. The van der Waals surface area contributed by atoms with Crippen LogP contribution in [0.15, 0.2) is 11.4 Å². The van der Waals surface area contributed by atoms with Gasteiger partial charge in [-0.3, -0.25) is 19.5 Å². The first-order valence-corrected chi connectivity index (χ1v) is 3.33. The number of nitrogens with one attached hydrogen (secondary N) is 1. The van der Waals surface area contributed by atoms with Gasteiger partial charge in [0.2, 0.25) is 0 Å². The zero-order valence-electron chi connectivity index (χ0n) is 4.88. The van der Waals surface area contributed by atoms with E-state index in [0.717, 1.165) is 0 Å². The van der Waals surface area contributed by atoms with Crippen LogP contribution in [-0.4, -0.2) is 11.8 Å². The van der Waals surface area contributed by atoms with Crippen molar-refractivity contribution in [3.05, 3.63) is 11.4 Å². The fourth-order valence-corrected chi connectivity index (χ4v) is 1.02. The minimum atomic E-state index is -0.422. The summed E-state index contributed by atoms with van der Waals surface area (Å²) in [6.45, 7) is 0. The summed E-state index contributed by atoms with van der Waals surface area (Å²) in [6, 6.07) is 0. The molecular formula is C4H5N2O3P. The summed E-state index contributed by atoms with van der Waals surface area (Å²) in [5.41, 5.74) is 0. The van der Waals surface area contributed by atoms with Crippen LogP contribution in [0.5, 0.6) is 0 Å². The van der Waals surface area contributed by atoms with Crippen molar-refractivity contribution >= 4 is 20.6 Å². The molecule has 1 atom stereocenters. The minimum absolute atomic E-state index is 0.259. The van der Waals surface area contributed by atoms with Crippen LogP contribution in [0.3, 0.4) is 0 Å². The van der Waals surface area contributed by atoms with Crippen LogP contribution in [0, 0.1) is 0 Å². The Balaban J connectivity index is 2.65. The molecule has 0 aromatic rings. The first-order chi connectivity index (χ1) is 4.74. The molecule has 2 amide bonds. The number of nitrogens with two attached hydrogens (primary N) is 1. The van der Waals surface area contributed by atoms with Crippen molar-refractivity contribution in [2.24, 2.45) is 5.90 Å². The second-order valence-electron chi connectivity index (χ2n) is 1.60. The van der Waals surface area contributed by atoms with Gasteiger partial charge in [0.1, 0.15) is 0 Å². The molecular weight excluding hydrogens is 155 g/mol. The predicted octanol–water partition coefficient (Wildman–Crippen LogP) is -0.990. The molecule has 6 heteroatoms. The van der Waals surface area contributed by atoms with Crippen molar-refractivity contribution < 1.29 is 14.2 Å². The molecule has 10 heavy (non-hydrogen) atoms. The Morgan fingerprint density at radius 2 is 2.30 bits per heavy atom. The van der Waals surface area contributed by atoms with Gasteiger partial charge < -0.3 is 0 Å². The van der Waals surface area contributed by atoms with E-state index in [1.54, 1.807) is 0 Å². The smallest absolute Gasteiger partial charge is 0.260 e. The van der Waals surface area contributed by atoms with E-state index >= 15 is 0 Å². The summed E-state index contributed by atoms with van der Waals surface area (Å²) >= 11 is 0. The molecule has 3 N–H and O–H groups in total. The molecule has 0 aliphatic carbocycles. The predicted molar refractivity (Wildman–Crippen MR) is 34.8 cm³/mol. The molecule has 5 nitrogen and oxygen atoms in total. The van der Waals surface area contributed by atoms with Gasteiger partial charge >= 0.3 is 0 Å². The number of rotatable bonds is 2. The molecule has 0 saturated carbocycles. The largest absolute Gasteiger partial charge is 0.289 e. The Kier molecular flexibility index (Phi) is 2.11. The minimum Gasteiger partial charge on any atom is -0.289 e. The molecule has 1 aliphatic heterocycles. The van der Waals surface area contributed by atoms with Gasteiger partial charge in [-0.15, -0.1) is 0 Å². The van der Waals surface area contributed by atoms with Crippen molar-refractivity contribution in [2.45, 2.75) is 0 Å². The Hall–Kier alpha value is -0.770. The van der Waals surface area contributed by atoms with Crippen LogP contribution in [0.4, 0.5) is 0 Å². The molecule has 0 saturated heterocycles. The molecule has 0 spiro atoms. The molecule has 54 valence electrons. The lowest BCUT2D eigenvalue weighted by Crippen LogP contribution is -2.21. The third kappa shape index (κ3) is 1.39. The second-order valence-corrected chi connectivity index (χ2v) is 2.57. The van der Waals surface area contributed by atoms with Gasteiger partial charge in [0.25, 0.3) is 11.8 Å². The van der Waals surface area contributed by atoms with Crippen LogP contribution in [0.2, 0.25) is 0 Å². The number of amides is 2. The molecule has 1 rings (SSSR count). The number of carbonyl (C=O) groups excluding carboxylic acids is 2. The highest BCUT2D eigenvalue weighted by Gasteiger charge is 2.20. The molecule has 0 aromatic carbocycles. The highest BCUT2D eigenvalue weighted by atomic mass is 31.1. The average molecular weight is 160 g/mol. The maximum atomic E-state index is 10.6. The SMILES string of the molecule is NOPC1=CC(=O)NC1=O. The van der Waals surface area contributed by atoms with Crippen molar-refractivity contribution in [1.29, 1.82) is 0 Å².